The van der Waals surface area contributed by atoms with Gasteiger partial charge in [-0.15, -0.1) is 21.5 Å². The van der Waals surface area contributed by atoms with Crippen LogP contribution in [0.15, 0.2) is 22.9 Å². The molecule has 0 aliphatic rings. The molecule has 0 radical (unpaired) electrons. The van der Waals surface area contributed by atoms with E-state index in [1.165, 1.54) is 11.8 Å². The lowest BCUT2D eigenvalue weighted by molar-refractivity contribution is 0.787. The van der Waals surface area contributed by atoms with E-state index in [-0.39, 0.29) is 0 Å². The molecule has 0 bridgehead atoms. The topological polar surface area (TPSA) is 94.5 Å². The maximum Gasteiger partial charge on any atom is 0.191 e. The number of nitrogens with zero attached hydrogens (tertiary/aromatic N) is 5. The van der Waals surface area contributed by atoms with Crippen LogP contribution in [-0.2, 0) is 12.8 Å². The molecule has 3 aromatic rings. The molecule has 0 aliphatic carbocycles. The van der Waals surface area contributed by atoms with Gasteiger partial charge in [0.05, 0.1) is 11.1 Å². The molecule has 0 aliphatic heterocycles. The Morgan fingerprint density at radius 1 is 1.47 bits per heavy atom. The van der Waals surface area contributed by atoms with Crippen molar-refractivity contribution in [3.05, 3.63) is 23.6 Å². The molecule has 3 heterocycles. The van der Waals surface area contributed by atoms with E-state index in [0.717, 1.165) is 21.2 Å². The van der Waals surface area contributed by atoms with Crippen LogP contribution in [0.5, 0.6) is 0 Å². The van der Waals surface area contributed by atoms with Crippen LogP contribution in [0.25, 0.3) is 10.2 Å². The second-order valence-corrected chi connectivity index (χ2v) is 5.62. The van der Waals surface area contributed by atoms with Gasteiger partial charge in [-0.3, -0.25) is 0 Å². The first kappa shape index (κ1) is 12.3. The third-order valence-electron chi connectivity index (χ3n) is 2.51. The fourth-order valence-corrected chi connectivity index (χ4v) is 3.13. The van der Waals surface area contributed by atoms with Gasteiger partial charge in [0, 0.05) is 7.05 Å². The Bertz CT molecular complexity index is 705. The highest BCUT2D eigenvalue weighted by molar-refractivity contribution is 7.98. The molecule has 98 valence electrons. The van der Waals surface area contributed by atoms with Gasteiger partial charge < -0.3 is 9.99 Å². The minimum atomic E-state index is 0.620. The van der Waals surface area contributed by atoms with Gasteiger partial charge in [0.2, 0.25) is 0 Å². The number of hydrazine groups is 1. The second kappa shape index (κ2) is 5.11. The van der Waals surface area contributed by atoms with Gasteiger partial charge in [0.15, 0.2) is 11.0 Å². The van der Waals surface area contributed by atoms with Crippen LogP contribution in [0, 0.1) is 0 Å². The van der Waals surface area contributed by atoms with E-state index in [2.05, 4.69) is 25.6 Å². The Morgan fingerprint density at radius 2 is 2.37 bits per heavy atom. The summed E-state index contributed by atoms with van der Waals surface area (Å²) in [5, 5.41) is 11.6. The fourth-order valence-electron chi connectivity index (χ4n) is 1.61. The van der Waals surface area contributed by atoms with Crippen molar-refractivity contribution in [1.29, 1.82) is 0 Å². The average Bonchev–Trinajstić information content (AvgIpc) is 3.04. The van der Waals surface area contributed by atoms with Crippen molar-refractivity contribution in [2.75, 3.05) is 5.43 Å². The van der Waals surface area contributed by atoms with Crippen LogP contribution >= 0.6 is 23.1 Å². The van der Waals surface area contributed by atoms with E-state index in [1.807, 2.05) is 23.1 Å². The zero-order valence-corrected chi connectivity index (χ0v) is 11.7. The summed E-state index contributed by atoms with van der Waals surface area (Å²) in [6.07, 6.45) is 1.67. The lowest BCUT2D eigenvalue weighted by atomic mass is 10.4. The number of nitrogens with two attached hydrogens (primary N) is 1. The highest BCUT2D eigenvalue weighted by atomic mass is 32.2. The number of fused-ring (bicyclic) bond motifs is 1. The van der Waals surface area contributed by atoms with Crippen molar-refractivity contribution in [3.8, 4) is 0 Å². The van der Waals surface area contributed by atoms with Crippen molar-refractivity contribution in [2.45, 2.75) is 10.9 Å². The average molecular weight is 293 g/mol. The third-order valence-corrected chi connectivity index (χ3v) is 4.35. The molecule has 0 saturated carbocycles. The summed E-state index contributed by atoms with van der Waals surface area (Å²) in [4.78, 5) is 9.84. The Morgan fingerprint density at radius 3 is 3.11 bits per heavy atom. The fraction of sp³-hybridized carbons (Fsp3) is 0.200. The first-order valence-corrected chi connectivity index (χ1v) is 7.32. The van der Waals surface area contributed by atoms with Crippen LogP contribution in [0.4, 0.5) is 5.82 Å². The molecular formula is C10H11N7S2. The lowest BCUT2D eigenvalue weighted by Gasteiger charge is -2.04. The van der Waals surface area contributed by atoms with Crippen LogP contribution in [0.1, 0.15) is 5.82 Å². The molecule has 0 aromatic carbocycles. The molecule has 0 saturated heterocycles. The normalized spacial score (nSPS) is 11.1. The van der Waals surface area contributed by atoms with Crippen LogP contribution in [-0.4, -0.2) is 24.7 Å². The lowest BCUT2D eigenvalue weighted by Crippen LogP contribution is -2.10. The SMILES string of the molecule is Cn1cnnc1SCc1nc(NN)c2ccsc2n1. The van der Waals surface area contributed by atoms with E-state index < -0.39 is 0 Å². The molecular weight excluding hydrogens is 282 g/mol. The second-order valence-electron chi connectivity index (χ2n) is 3.79. The van der Waals surface area contributed by atoms with Crippen LogP contribution in [0.3, 0.4) is 0 Å². The van der Waals surface area contributed by atoms with Gasteiger partial charge in [-0.1, -0.05) is 11.8 Å². The Balaban J connectivity index is 1.86. The van der Waals surface area contributed by atoms with E-state index in [0.29, 0.717) is 11.6 Å². The van der Waals surface area contributed by atoms with Gasteiger partial charge in [-0.2, -0.15) is 0 Å². The summed E-state index contributed by atoms with van der Waals surface area (Å²) in [5.41, 5.74) is 2.61. The predicted molar refractivity (Wildman–Crippen MR) is 75.8 cm³/mol. The number of aromatic nitrogens is 5. The smallest absolute Gasteiger partial charge is 0.191 e. The molecule has 0 fully saturated rings. The van der Waals surface area contributed by atoms with Gasteiger partial charge in [-0.05, 0) is 11.4 Å². The monoisotopic (exact) mass is 293 g/mol. The van der Waals surface area contributed by atoms with Crippen molar-refractivity contribution in [1.82, 2.24) is 24.7 Å². The zero-order chi connectivity index (χ0) is 13.2. The first-order chi connectivity index (χ1) is 9.28. The molecule has 0 spiro atoms. The number of hydrogen-bond donors (Lipinski definition) is 2. The summed E-state index contributed by atoms with van der Waals surface area (Å²) in [7, 11) is 1.90. The minimum Gasteiger partial charge on any atom is -0.312 e. The van der Waals surface area contributed by atoms with Gasteiger partial charge in [0.1, 0.15) is 17.0 Å². The molecule has 3 aromatic heterocycles. The summed E-state index contributed by atoms with van der Waals surface area (Å²) in [5.74, 6) is 7.48. The highest BCUT2D eigenvalue weighted by Gasteiger charge is 2.09. The molecule has 3 rings (SSSR count). The summed E-state index contributed by atoms with van der Waals surface area (Å²) in [6.45, 7) is 0. The molecule has 0 atom stereocenters. The number of hydrogen-bond acceptors (Lipinski definition) is 8. The molecule has 0 unspecified atom stereocenters. The highest BCUT2D eigenvalue weighted by Crippen LogP contribution is 2.26. The van der Waals surface area contributed by atoms with E-state index in [4.69, 9.17) is 5.84 Å². The van der Waals surface area contributed by atoms with Gasteiger partial charge in [-0.25, -0.2) is 15.8 Å². The number of anilines is 1. The molecule has 3 N–H and O–H groups in total. The number of rotatable bonds is 4. The molecule has 7 nitrogen and oxygen atoms in total. The Kier molecular flexibility index (Phi) is 3.32. The maximum atomic E-state index is 5.49. The molecule has 19 heavy (non-hydrogen) atoms. The number of thiophene rings is 1. The Hall–Kier alpha value is -1.71. The number of nitrogen functional groups attached to an aromatic ring is 1. The minimum absolute atomic E-state index is 0.620. The van der Waals surface area contributed by atoms with E-state index >= 15 is 0 Å². The summed E-state index contributed by atoms with van der Waals surface area (Å²) in [6, 6.07) is 1.95. The zero-order valence-electron chi connectivity index (χ0n) is 10.1. The number of thioether (sulfide) groups is 1. The summed E-state index contributed by atoms with van der Waals surface area (Å²) >= 11 is 3.11. The maximum absolute atomic E-state index is 5.49. The number of nitrogens with one attached hydrogen (secondary N) is 1. The van der Waals surface area contributed by atoms with Crippen LogP contribution < -0.4 is 11.3 Å². The Labute approximate surface area is 117 Å². The standard InChI is InChI=1S/C10H11N7S2/c1-17-5-12-16-10(17)19-4-7-13-8(15-11)6-2-3-18-9(6)14-7/h2-3,5H,4,11H2,1H3,(H,13,14,15). The van der Waals surface area contributed by atoms with Crippen molar-refractivity contribution in [3.63, 3.8) is 0 Å². The van der Waals surface area contributed by atoms with Crippen molar-refractivity contribution >= 4 is 39.1 Å². The number of aryl methyl sites for hydroxylation is 1. The first-order valence-electron chi connectivity index (χ1n) is 5.45. The third kappa shape index (κ3) is 2.39. The van der Waals surface area contributed by atoms with Gasteiger partial charge >= 0.3 is 0 Å². The summed E-state index contributed by atoms with van der Waals surface area (Å²) < 4.78 is 1.86. The van der Waals surface area contributed by atoms with E-state index in [1.54, 1.807) is 17.7 Å². The molecule has 0 amide bonds. The van der Waals surface area contributed by atoms with Crippen LogP contribution in [0.2, 0.25) is 0 Å². The van der Waals surface area contributed by atoms with Crippen molar-refractivity contribution in [2.24, 2.45) is 12.9 Å². The quantitative estimate of drug-likeness (QED) is 0.426. The van der Waals surface area contributed by atoms with E-state index in [9.17, 15) is 0 Å². The predicted octanol–water partition coefficient (Wildman–Crippen LogP) is 1.40. The van der Waals surface area contributed by atoms with Gasteiger partial charge in [0.25, 0.3) is 0 Å². The molecule has 9 heteroatoms. The van der Waals surface area contributed by atoms with Crippen molar-refractivity contribution < 1.29 is 0 Å². The largest absolute Gasteiger partial charge is 0.312 e.